The molecule has 4 nitrogen and oxygen atoms in total. The standard InChI is InChI=1S/C13H15ClN2O2/c1-9(2)18-13(17)16-11-5-6-12(14)10(8-11)4-3-7-15/h5-6,8-9H,7,15H2,1-2H3,(H,16,17). The minimum atomic E-state index is -0.509. The van der Waals surface area contributed by atoms with E-state index in [0.717, 1.165) is 0 Å². The van der Waals surface area contributed by atoms with Gasteiger partial charge in [0.25, 0.3) is 0 Å². The molecule has 0 unspecified atom stereocenters. The lowest BCUT2D eigenvalue weighted by Crippen LogP contribution is -2.17. The van der Waals surface area contributed by atoms with E-state index in [0.29, 0.717) is 16.3 Å². The second-order valence-corrected chi connectivity index (χ2v) is 4.19. The predicted octanol–water partition coefficient (Wildman–Crippen LogP) is 2.61. The van der Waals surface area contributed by atoms with E-state index in [1.807, 2.05) is 0 Å². The van der Waals surface area contributed by atoms with Gasteiger partial charge in [-0.25, -0.2) is 4.79 Å². The van der Waals surface area contributed by atoms with Crippen molar-refractivity contribution in [3.05, 3.63) is 28.8 Å². The molecule has 0 fully saturated rings. The van der Waals surface area contributed by atoms with Crippen LogP contribution in [0.5, 0.6) is 0 Å². The van der Waals surface area contributed by atoms with Crippen molar-refractivity contribution in [2.24, 2.45) is 5.73 Å². The fourth-order valence-electron chi connectivity index (χ4n) is 1.21. The number of ether oxygens (including phenoxy) is 1. The first kappa shape index (κ1) is 14.4. The molecule has 0 heterocycles. The van der Waals surface area contributed by atoms with Crippen LogP contribution in [-0.2, 0) is 4.74 Å². The van der Waals surface area contributed by atoms with Crippen LogP contribution in [0.4, 0.5) is 10.5 Å². The summed E-state index contributed by atoms with van der Waals surface area (Å²) in [4.78, 5) is 11.4. The third-order valence-corrected chi connectivity index (χ3v) is 2.21. The van der Waals surface area contributed by atoms with Crippen LogP contribution < -0.4 is 11.1 Å². The average Bonchev–Trinajstić information content (AvgIpc) is 2.28. The lowest BCUT2D eigenvalue weighted by Gasteiger charge is -2.10. The van der Waals surface area contributed by atoms with Crippen molar-refractivity contribution in [3.63, 3.8) is 0 Å². The zero-order chi connectivity index (χ0) is 13.5. The van der Waals surface area contributed by atoms with Crippen LogP contribution >= 0.6 is 11.6 Å². The van der Waals surface area contributed by atoms with Crippen LogP contribution in [-0.4, -0.2) is 18.7 Å². The summed E-state index contributed by atoms with van der Waals surface area (Å²) in [5.41, 5.74) is 6.48. The van der Waals surface area contributed by atoms with E-state index in [1.54, 1.807) is 32.0 Å². The second kappa shape index (κ2) is 6.90. The smallest absolute Gasteiger partial charge is 0.411 e. The third-order valence-electron chi connectivity index (χ3n) is 1.88. The van der Waals surface area contributed by atoms with Gasteiger partial charge in [0.1, 0.15) is 0 Å². The molecular weight excluding hydrogens is 252 g/mol. The number of hydrogen-bond acceptors (Lipinski definition) is 3. The quantitative estimate of drug-likeness (QED) is 0.809. The fraction of sp³-hybridized carbons (Fsp3) is 0.308. The van der Waals surface area contributed by atoms with Gasteiger partial charge in [-0.3, -0.25) is 5.32 Å². The maximum atomic E-state index is 11.4. The predicted molar refractivity (Wildman–Crippen MR) is 72.6 cm³/mol. The van der Waals surface area contributed by atoms with Crippen molar-refractivity contribution >= 4 is 23.4 Å². The molecule has 0 aromatic heterocycles. The molecule has 0 aliphatic rings. The van der Waals surface area contributed by atoms with E-state index in [-0.39, 0.29) is 12.6 Å². The highest BCUT2D eigenvalue weighted by Gasteiger charge is 2.06. The number of carbonyl (C=O) groups is 1. The fourth-order valence-corrected chi connectivity index (χ4v) is 1.37. The van der Waals surface area contributed by atoms with Crippen LogP contribution in [0.15, 0.2) is 18.2 Å². The highest BCUT2D eigenvalue weighted by Crippen LogP contribution is 2.19. The van der Waals surface area contributed by atoms with Gasteiger partial charge in [0.05, 0.1) is 17.7 Å². The Morgan fingerprint density at radius 1 is 1.56 bits per heavy atom. The number of benzene rings is 1. The van der Waals surface area contributed by atoms with Crippen molar-refractivity contribution in [1.29, 1.82) is 0 Å². The normalized spacial score (nSPS) is 9.61. The Morgan fingerprint density at radius 3 is 2.89 bits per heavy atom. The Labute approximate surface area is 111 Å². The van der Waals surface area contributed by atoms with Gasteiger partial charge in [-0.05, 0) is 32.0 Å². The van der Waals surface area contributed by atoms with E-state index in [1.165, 1.54) is 0 Å². The number of amides is 1. The van der Waals surface area contributed by atoms with E-state index in [9.17, 15) is 4.79 Å². The van der Waals surface area contributed by atoms with Gasteiger partial charge in [0.2, 0.25) is 0 Å². The molecule has 1 aromatic rings. The summed E-state index contributed by atoms with van der Waals surface area (Å²) in [5.74, 6) is 5.54. The zero-order valence-corrected chi connectivity index (χ0v) is 11.0. The molecule has 0 bridgehead atoms. The Hall–Kier alpha value is -1.70. The first-order valence-electron chi connectivity index (χ1n) is 5.49. The Morgan fingerprint density at radius 2 is 2.28 bits per heavy atom. The molecule has 0 saturated heterocycles. The number of hydrogen-bond donors (Lipinski definition) is 2. The van der Waals surface area contributed by atoms with Gasteiger partial charge < -0.3 is 10.5 Å². The summed E-state index contributed by atoms with van der Waals surface area (Å²) in [5, 5.41) is 3.11. The molecule has 0 spiro atoms. The SMILES string of the molecule is CC(C)OC(=O)Nc1ccc(Cl)c(C#CCN)c1. The summed E-state index contributed by atoms with van der Waals surface area (Å²) in [6, 6.07) is 5.01. The summed E-state index contributed by atoms with van der Waals surface area (Å²) in [6.07, 6.45) is -0.682. The lowest BCUT2D eigenvalue weighted by molar-refractivity contribution is 0.130. The summed E-state index contributed by atoms with van der Waals surface area (Å²) in [7, 11) is 0. The van der Waals surface area contributed by atoms with Gasteiger partial charge in [-0.2, -0.15) is 0 Å². The number of anilines is 1. The van der Waals surface area contributed by atoms with E-state index in [2.05, 4.69) is 17.2 Å². The van der Waals surface area contributed by atoms with Crippen molar-refractivity contribution < 1.29 is 9.53 Å². The minimum Gasteiger partial charge on any atom is -0.447 e. The van der Waals surface area contributed by atoms with Crippen molar-refractivity contribution in [2.75, 3.05) is 11.9 Å². The van der Waals surface area contributed by atoms with E-state index >= 15 is 0 Å². The number of halogens is 1. The largest absolute Gasteiger partial charge is 0.447 e. The summed E-state index contributed by atoms with van der Waals surface area (Å²) < 4.78 is 4.97. The van der Waals surface area contributed by atoms with Crippen LogP contribution in [0.3, 0.4) is 0 Å². The molecule has 1 amide bonds. The van der Waals surface area contributed by atoms with E-state index < -0.39 is 6.09 Å². The molecule has 0 saturated carbocycles. The molecule has 1 rings (SSSR count). The highest BCUT2D eigenvalue weighted by atomic mass is 35.5. The molecule has 18 heavy (non-hydrogen) atoms. The summed E-state index contributed by atoms with van der Waals surface area (Å²) >= 11 is 5.97. The minimum absolute atomic E-state index is 0.172. The van der Waals surface area contributed by atoms with Crippen LogP contribution in [0.25, 0.3) is 0 Å². The summed E-state index contributed by atoms with van der Waals surface area (Å²) in [6.45, 7) is 3.81. The maximum absolute atomic E-state index is 11.4. The molecule has 1 aromatic carbocycles. The van der Waals surface area contributed by atoms with Crippen molar-refractivity contribution in [1.82, 2.24) is 0 Å². The number of rotatable bonds is 2. The first-order chi connectivity index (χ1) is 8.52. The zero-order valence-electron chi connectivity index (χ0n) is 10.3. The number of nitrogens with two attached hydrogens (primary N) is 1. The second-order valence-electron chi connectivity index (χ2n) is 3.78. The van der Waals surface area contributed by atoms with Gasteiger partial charge in [-0.15, -0.1) is 0 Å². The Bertz CT molecular complexity index is 489. The van der Waals surface area contributed by atoms with Crippen LogP contribution in [0.2, 0.25) is 5.02 Å². The van der Waals surface area contributed by atoms with Gasteiger partial charge in [-0.1, -0.05) is 23.4 Å². The molecule has 3 N–H and O–H groups in total. The molecule has 5 heteroatoms. The van der Waals surface area contributed by atoms with Crippen molar-refractivity contribution in [3.8, 4) is 11.8 Å². The lowest BCUT2D eigenvalue weighted by atomic mass is 10.2. The molecule has 0 radical (unpaired) electrons. The number of nitrogens with one attached hydrogen (secondary N) is 1. The topological polar surface area (TPSA) is 64.3 Å². The highest BCUT2D eigenvalue weighted by molar-refractivity contribution is 6.31. The molecule has 0 atom stereocenters. The molecule has 0 aliphatic heterocycles. The van der Waals surface area contributed by atoms with Crippen molar-refractivity contribution in [2.45, 2.75) is 20.0 Å². The van der Waals surface area contributed by atoms with Gasteiger partial charge >= 0.3 is 6.09 Å². The third kappa shape index (κ3) is 4.66. The Kier molecular flexibility index (Phi) is 5.50. The maximum Gasteiger partial charge on any atom is 0.411 e. The Balaban J connectivity index is 2.82. The van der Waals surface area contributed by atoms with Crippen LogP contribution in [0, 0.1) is 11.8 Å². The molecular formula is C13H15ClN2O2. The first-order valence-corrected chi connectivity index (χ1v) is 5.87. The van der Waals surface area contributed by atoms with Gasteiger partial charge in [0.15, 0.2) is 0 Å². The average molecular weight is 267 g/mol. The van der Waals surface area contributed by atoms with E-state index in [4.69, 9.17) is 22.1 Å². The molecule has 0 aliphatic carbocycles. The number of carbonyl (C=O) groups excluding carboxylic acids is 1. The van der Waals surface area contributed by atoms with Crippen LogP contribution in [0.1, 0.15) is 19.4 Å². The van der Waals surface area contributed by atoms with Gasteiger partial charge in [0, 0.05) is 11.3 Å². The molecule has 96 valence electrons. The monoisotopic (exact) mass is 266 g/mol.